The van der Waals surface area contributed by atoms with Crippen LogP contribution in [0.1, 0.15) is 57.6 Å². The second kappa shape index (κ2) is 8.63. The highest BCUT2D eigenvalue weighted by Gasteiger charge is 2.59. The van der Waals surface area contributed by atoms with E-state index in [-0.39, 0.29) is 24.0 Å². The van der Waals surface area contributed by atoms with E-state index in [9.17, 15) is 0 Å². The fourth-order valence-electron chi connectivity index (χ4n) is 4.84. The molecule has 2 fully saturated rings. The van der Waals surface area contributed by atoms with Crippen molar-refractivity contribution in [3.05, 3.63) is 11.6 Å². The van der Waals surface area contributed by atoms with Gasteiger partial charge in [0.15, 0.2) is 5.96 Å². The van der Waals surface area contributed by atoms with Crippen molar-refractivity contribution in [1.82, 2.24) is 25.4 Å². The SMILES string of the molecule is CCN=C(NC1CCc2nc(C)nn2C1)NC1CC(OCC)C12CCC2.I. The molecule has 1 aromatic heterocycles. The third-order valence-corrected chi connectivity index (χ3v) is 6.37. The number of aromatic nitrogens is 3. The van der Waals surface area contributed by atoms with Gasteiger partial charge >= 0.3 is 0 Å². The minimum absolute atomic E-state index is 0. The zero-order chi connectivity index (χ0) is 18.1. The second-order valence-corrected chi connectivity index (χ2v) is 7.92. The molecule has 2 heterocycles. The highest BCUT2D eigenvalue weighted by atomic mass is 127. The van der Waals surface area contributed by atoms with Crippen LogP contribution >= 0.6 is 24.0 Å². The number of rotatable bonds is 5. The first-order valence-corrected chi connectivity index (χ1v) is 10.2. The van der Waals surface area contributed by atoms with Gasteiger partial charge < -0.3 is 15.4 Å². The predicted molar refractivity (Wildman–Crippen MR) is 117 cm³/mol. The van der Waals surface area contributed by atoms with Crippen LogP contribution in [0.15, 0.2) is 4.99 Å². The summed E-state index contributed by atoms with van der Waals surface area (Å²) in [5, 5.41) is 11.9. The summed E-state index contributed by atoms with van der Waals surface area (Å²) in [6, 6.07) is 0.833. The van der Waals surface area contributed by atoms with Crippen LogP contribution < -0.4 is 10.6 Å². The molecule has 0 aromatic carbocycles. The summed E-state index contributed by atoms with van der Waals surface area (Å²) < 4.78 is 8.02. The number of nitrogens with zero attached hydrogens (tertiary/aromatic N) is 4. The first-order chi connectivity index (χ1) is 12.6. The summed E-state index contributed by atoms with van der Waals surface area (Å²) >= 11 is 0. The van der Waals surface area contributed by atoms with E-state index in [2.05, 4.69) is 34.6 Å². The summed E-state index contributed by atoms with van der Waals surface area (Å²) in [4.78, 5) is 9.20. The van der Waals surface area contributed by atoms with E-state index in [1.54, 1.807) is 0 Å². The molecule has 1 spiro atoms. The quantitative estimate of drug-likeness (QED) is 0.378. The number of hydrogen-bond donors (Lipinski definition) is 2. The van der Waals surface area contributed by atoms with Crippen molar-refractivity contribution in [3.8, 4) is 0 Å². The van der Waals surface area contributed by atoms with Crippen molar-refractivity contribution in [2.75, 3.05) is 13.2 Å². The smallest absolute Gasteiger partial charge is 0.191 e. The average Bonchev–Trinajstić information content (AvgIpc) is 2.91. The van der Waals surface area contributed by atoms with Crippen LogP contribution in [0.4, 0.5) is 0 Å². The Morgan fingerprint density at radius 2 is 2.15 bits per heavy atom. The molecular formula is C19H33IN6O. The van der Waals surface area contributed by atoms with E-state index in [1.165, 1.54) is 19.3 Å². The minimum atomic E-state index is 0. The summed E-state index contributed by atoms with van der Waals surface area (Å²) in [5.74, 6) is 2.92. The van der Waals surface area contributed by atoms with Crippen LogP contribution in [0.25, 0.3) is 0 Å². The molecule has 4 rings (SSSR count). The third-order valence-electron chi connectivity index (χ3n) is 6.37. The molecular weight excluding hydrogens is 455 g/mol. The van der Waals surface area contributed by atoms with Gasteiger partial charge in [0.05, 0.1) is 12.6 Å². The van der Waals surface area contributed by atoms with Gasteiger partial charge in [-0.15, -0.1) is 24.0 Å². The van der Waals surface area contributed by atoms with Crippen LogP contribution in [-0.4, -0.2) is 52.1 Å². The third kappa shape index (κ3) is 3.97. The van der Waals surface area contributed by atoms with Crippen molar-refractivity contribution >= 4 is 29.9 Å². The average molecular weight is 488 g/mol. The first-order valence-electron chi connectivity index (χ1n) is 10.2. The zero-order valence-corrected chi connectivity index (χ0v) is 19.0. The highest BCUT2D eigenvalue weighted by Crippen LogP contribution is 2.57. The molecule has 2 aliphatic carbocycles. The molecule has 2 N–H and O–H groups in total. The van der Waals surface area contributed by atoms with Crippen molar-refractivity contribution in [3.63, 3.8) is 0 Å². The van der Waals surface area contributed by atoms with E-state index in [1.807, 2.05) is 11.6 Å². The van der Waals surface area contributed by atoms with E-state index in [0.717, 1.165) is 56.6 Å². The predicted octanol–water partition coefficient (Wildman–Crippen LogP) is 2.42. The first kappa shape index (κ1) is 20.8. The summed E-state index contributed by atoms with van der Waals surface area (Å²) in [6.07, 6.45) is 7.44. The van der Waals surface area contributed by atoms with Gasteiger partial charge in [0.25, 0.3) is 0 Å². The molecule has 8 heteroatoms. The number of hydrogen-bond acceptors (Lipinski definition) is 4. The number of aliphatic imine (C=N–C) groups is 1. The van der Waals surface area contributed by atoms with Gasteiger partial charge in [-0.05, 0) is 46.5 Å². The van der Waals surface area contributed by atoms with E-state index < -0.39 is 0 Å². The lowest BCUT2D eigenvalue weighted by atomic mass is 9.51. The fraction of sp³-hybridized carbons (Fsp3) is 0.842. The largest absolute Gasteiger partial charge is 0.378 e. The Labute approximate surface area is 179 Å². The van der Waals surface area contributed by atoms with Gasteiger partial charge in [0.2, 0.25) is 0 Å². The minimum Gasteiger partial charge on any atom is -0.378 e. The maximum Gasteiger partial charge on any atom is 0.191 e. The topological polar surface area (TPSA) is 76.4 Å². The van der Waals surface area contributed by atoms with Crippen molar-refractivity contribution in [1.29, 1.82) is 0 Å². The van der Waals surface area contributed by atoms with Gasteiger partial charge in [-0.3, -0.25) is 4.99 Å². The van der Waals surface area contributed by atoms with E-state index >= 15 is 0 Å². The molecule has 0 bridgehead atoms. The number of fused-ring (bicyclic) bond motifs is 1. The van der Waals surface area contributed by atoms with Gasteiger partial charge in [-0.1, -0.05) is 6.42 Å². The molecule has 3 aliphatic rings. The number of halogens is 1. The van der Waals surface area contributed by atoms with Gasteiger partial charge in [0, 0.05) is 37.1 Å². The van der Waals surface area contributed by atoms with E-state index in [0.29, 0.717) is 23.6 Å². The number of nitrogens with one attached hydrogen (secondary N) is 2. The lowest BCUT2D eigenvalue weighted by molar-refractivity contribution is -0.168. The second-order valence-electron chi connectivity index (χ2n) is 7.92. The molecule has 7 nitrogen and oxygen atoms in total. The Kier molecular flexibility index (Phi) is 6.66. The molecule has 152 valence electrons. The lowest BCUT2D eigenvalue weighted by Gasteiger charge is -2.61. The van der Waals surface area contributed by atoms with Crippen LogP contribution in [0.2, 0.25) is 0 Å². The van der Waals surface area contributed by atoms with E-state index in [4.69, 9.17) is 9.73 Å². The normalized spacial score (nSPS) is 28.6. The van der Waals surface area contributed by atoms with Gasteiger partial charge in [-0.25, -0.2) is 9.67 Å². The van der Waals surface area contributed by atoms with Crippen molar-refractivity contribution < 1.29 is 4.74 Å². The molecule has 27 heavy (non-hydrogen) atoms. The van der Waals surface area contributed by atoms with Gasteiger partial charge in [-0.2, -0.15) is 5.10 Å². The van der Waals surface area contributed by atoms with Crippen LogP contribution in [-0.2, 0) is 17.7 Å². The van der Waals surface area contributed by atoms with Crippen molar-refractivity contribution in [2.24, 2.45) is 10.4 Å². The number of aryl methyl sites for hydroxylation is 2. The molecule has 3 atom stereocenters. The number of guanidine groups is 1. The maximum absolute atomic E-state index is 5.98. The Morgan fingerprint density at radius 3 is 2.81 bits per heavy atom. The lowest BCUT2D eigenvalue weighted by Crippen LogP contribution is -2.69. The fourth-order valence-corrected chi connectivity index (χ4v) is 4.84. The van der Waals surface area contributed by atoms with Crippen LogP contribution in [0.5, 0.6) is 0 Å². The monoisotopic (exact) mass is 488 g/mol. The molecule has 1 aliphatic heterocycles. The molecule has 0 amide bonds. The van der Waals surface area contributed by atoms with Crippen LogP contribution in [0.3, 0.4) is 0 Å². The number of ether oxygens (including phenoxy) is 1. The molecule has 2 saturated carbocycles. The van der Waals surface area contributed by atoms with Crippen molar-refractivity contribution in [2.45, 2.75) is 84.0 Å². The zero-order valence-electron chi connectivity index (χ0n) is 16.7. The molecule has 0 saturated heterocycles. The molecule has 1 aromatic rings. The summed E-state index contributed by atoms with van der Waals surface area (Å²) in [5.41, 5.74) is 0.342. The Hall–Kier alpha value is -0.900. The van der Waals surface area contributed by atoms with Crippen LogP contribution in [0, 0.1) is 12.3 Å². The Bertz CT molecular complexity index is 671. The maximum atomic E-state index is 5.98. The molecule has 3 unspecified atom stereocenters. The molecule has 0 radical (unpaired) electrons. The standard InChI is InChI=1S/C19H32N6O.HI/c1-4-20-18(22-14-7-8-17-21-13(3)24-25(17)12-14)23-15-11-16(26-5-2)19(15)9-6-10-19;/h14-16H,4-12H2,1-3H3,(H2,20,22,23);1H. The summed E-state index contributed by atoms with van der Waals surface area (Å²) in [7, 11) is 0. The highest BCUT2D eigenvalue weighted by molar-refractivity contribution is 14.0. The Morgan fingerprint density at radius 1 is 1.33 bits per heavy atom. The van der Waals surface area contributed by atoms with Gasteiger partial charge in [0.1, 0.15) is 11.6 Å². The Balaban J connectivity index is 0.00000210. The summed E-state index contributed by atoms with van der Waals surface area (Å²) in [6.45, 7) is 8.61.